The Hall–Kier alpha value is -0.630. The van der Waals surface area contributed by atoms with Gasteiger partial charge in [-0.1, -0.05) is 11.8 Å². The van der Waals surface area contributed by atoms with E-state index in [-0.39, 0.29) is 5.28 Å². The summed E-state index contributed by atoms with van der Waals surface area (Å²) < 4.78 is 10.3. The van der Waals surface area contributed by atoms with Gasteiger partial charge in [-0.3, -0.25) is 0 Å². The van der Waals surface area contributed by atoms with Crippen LogP contribution >= 0.6 is 23.4 Å². The first-order valence-corrected chi connectivity index (χ1v) is 7.52. The Kier molecular flexibility index (Phi) is 6.09. The van der Waals surface area contributed by atoms with Gasteiger partial charge in [-0.2, -0.15) is 15.0 Å². The van der Waals surface area contributed by atoms with Crippen LogP contribution in [0.3, 0.4) is 0 Å². The molecule has 2 rings (SSSR count). The molecular weight excluding hydrogens is 288 g/mol. The van der Waals surface area contributed by atoms with Crippen LogP contribution in [0.1, 0.15) is 6.42 Å². The van der Waals surface area contributed by atoms with Crippen molar-refractivity contribution in [1.82, 2.24) is 15.0 Å². The number of anilines is 1. The molecule has 0 N–H and O–H groups in total. The summed E-state index contributed by atoms with van der Waals surface area (Å²) in [6.07, 6.45) is 0.956. The molecule has 0 unspecified atom stereocenters. The van der Waals surface area contributed by atoms with Gasteiger partial charge >= 0.3 is 0 Å². The summed E-state index contributed by atoms with van der Waals surface area (Å²) in [5.74, 6) is 1.54. The first-order chi connectivity index (χ1) is 9.29. The van der Waals surface area contributed by atoms with E-state index in [1.54, 1.807) is 18.9 Å². The lowest BCUT2D eigenvalue weighted by molar-refractivity contribution is 0.122. The second-order valence-corrected chi connectivity index (χ2v) is 5.38. The van der Waals surface area contributed by atoms with E-state index in [0.29, 0.717) is 24.3 Å². The second-order valence-electron chi connectivity index (χ2n) is 3.98. The predicted octanol–water partition coefficient (Wildman–Crippen LogP) is 1.49. The first kappa shape index (κ1) is 14.8. The van der Waals surface area contributed by atoms with Crippen LogP contribution in [0, 0.1) is 0 Å². The van der Waals surface area contributed by atoms with Crippen LogP contribution in [0.15, 0.2) is 5.16 Å². The zero-order valence-electron chi connectivity index (χ0n) is 10.8. The monoisotopic (exact) mass is 304 g/mol. The maximum absolute atomic E-state index is 5.95. The maximum Gasteiger partial charge on any atom is 0.230 e. The van der Waals surface area contributed by atoms with Gasteiger partial charge in [-0.25, -0.2) is 0 Å². The van der Waals surface area contributed by atoms with Crippen molar-refractivity contribution in [2.24, 2.45) is 0 Å². The summed E-state index contributed by atoms with van der Waals surface area (Å²) in [6, 6.07) is 0. The van der Waals surface area contributed by atoms with E-state index in [1.807, 2.05) is 0 Å². The van der Waals surface area contributed by atoms with Gasteiger partial charge in [0.25, 0.3) is 0 Å². The molecule has 0 bridgehead atoms. The van der Waals surface area contributed by atoms with Crippen molar-refractivity contribution in [3.8, 4) is 0 Å². The van der Waals surface area contributed by atoms with E-state index in [2.05, 4.69) is 19.9 Å². The molecule has 1 aromatic heterocycles. The minimum absolute atomic E-state index is 0.241. The van der Waals surface area contributed by atoms with Crippen LogP contribution < -0.4 is 4.90 Å². The summed E-state index contributed by atoms with van der Waals surface area (Å²) in [7, 11) is 1.70. The number of hydrogen-bond donors (Lipinski definition) is 0. The molecule has 0 amide bonds. The van der Waals surface area contributed by atoms with Gasteiger partial charge < -0.3 is 14.4 Å². The Balaban J connectivity index is 1.97. The average Bonchev–Trinajstić information content (AvgIpc) is 2.44. The fourth-order valence-corrected chi connectivity index (χ4v) is 2.61. The van der Waals surface area contributed by atoms with Crippen molar-refractivity contribution in [3.63, 3.8) is 0 Å². The lowest BCUT2D eigenvalue weighted by Crippen LogP contribution is -2.37. The lowest BCUT2D eigenvalue weighted by atomic mass is 10.4. The molecule has 2 heterocycles. The Morgan fingerprint density at radius 3 is 2.84 bits per heavy atom. The van der Waals surface area contributed by atoms with Crippen molar-refractivity contribution in [2.45, 2.75) is 11.6 Å². The minimum Gasteiger partial charge on any atom is -0.385 e. The van der Waals surface area contributed by atoms with Crippen molar-refractivity contribution < 1.29 is 9.47 Å². The Labute approximate surface area is 121 Å². The molecule has 1 saturated heterocycles. The molecule has 0 saturated carbocycles. The quantitative estimate of drug-likeness (QED) is 0.583. The number of hydrogen-bond acceptors (Lipinski definition) is 7. The van der Waals surface area contributed by atoms with E-state index in [1.165, 1.54) is 0 Å². The van der Waals surface area contributed by atoms with Crippen LogP contribution in [0.5, 0.6) is 0 Å². The number of ether oxygens (including phenoxy) is 2. The van der Waals surface area contributed by atoms with Crippen LogP contribution in [-0.4, -0.2) is 60.7 Å². The largest absolute Gasteiger partial charge is 0.385 e. The smallest absolute Gasteiger partial charge is 0.230 e. The molecule has 1 fully saturated rings. The highest BCUT2D eigenvalue weighted by Gasteiger charge is 2.16. The summed E-state index contributed by atoms with van der Waals surface area (Å²) in [6.45, 7) is 3.70. The van der Waals surface area contributed by atoms with E-state index in [4.69, 9.17) is 21.1 Å². The zero-order valence-corrected chi connectivity index (χ0v) is 12.4. The molecule has 1 aliphatic heterocycles. The third-order valence-corrected chi connectivity index (χ3v) is 3.70. The molecule has 0 atom stereocenters. The topological polar surface area (TPSA) is 60.4 Å². The highest BCUT2D eigenvalue weighted by Crippen LogP contribution is 2.19. The first-order valence-electron chi connectivity index (χ1n) is 6.15. The van der Waals surface area contributed by atoms with Crippen LogP contribution in [-0.2, 0) is 9.47 Å². The lowest BCUT2D eigenvalue weighted by Gasteiger charge is -2.26. The van der Waals surface area contributed by atoms with Crippen molar-refractivity contribution >= 4 is 29.3 Å². The number of aromatic nitrogens is 3. The summed E-state index contributed by atoms with van der Waals surface area (Å²) in [5, 5.41) is 0.906. The summed E-state index contributed by atoms with van der Waals surface area (Å²) >= 11 is 7.52. The van der Waals surface area contributed by atoms with E-state index >= 15 is 0 Å². The molecule has 8 heteroatoms. The summed E-state index contributed by atoms with van der Waals surface area (Å²) in [4.78, 5) is 14.8. The second kappa shape index (κ2) is 7.84. The highest BCUT2D eigenvalue weighted by atomic mass is 35.5. The Morgan fingerprint density at radius 2 is 2.11 bits per heavy atom. The molecule has 6 nitrogen and oxygen atoms in total. The van der Waals surface area contributed by atoms with Gasteiger partial charge in [-0.15, -0.1) is 0 Å². The molecule has 106 valence electrons. The SMILES string of the molecule is COCCCSc1nc(Cl)nc(N2CCOCC2)n1. The minimum atomic E-state index is 0.241. The molecular formula is C11H17ClN4O2S. The van der Waals surface area contributed by atoms with E-state index < -0.39 is 0 Å². The van der Waals surface area contributed by atoms with Gasteiger partial charge in [0.15, 0.2) is 5.16 Å². The number of nitrogens with zero attached hydrogens (tertiary/aromatic N) is 4. The van der Waals surface area contributed by atoms with Gasteiger partial charge in [-0.05, 0) is 18.0 Å². The van der Waals surface area contributed by atoms with E-state index in [0.717, 1.165) is 31.9 Å². The number of halogens is 1. The average molecular weight is 305 g/mol. The normalized spacial score (nSPS) is 15.8. The fraction of sp³-hybridized carbons (Fsp3) is 0.727. The Morgan fingerprint density at radius 1 is 1.32 bits per heavy atom. The van der Waals surface area contributed by atoms with Gasteiger partial charge in [0.1, 0.15) is 0 Å². The van der Waals surface area contributed by atoms with Crippen molar-refractivity contribution in [3.05, 3.63) is 5.28 Å². The van der Waals surface area contributed by atoms with Crippen molar-refractivity contribution in [1.29, 1.82) is 0 Å². The van der Waals surface area contributed by atoms with Gasteiger partial charge in [0.2, 0.25) is 11.2 Å². The number of rotatable bonds is 6. The third kappa shape index (κ3) is 4.76. The number of thioether (sulfide) groups is 1. The van der Waals surface area contributed by atoms with Crippen molar-refractivity contribution in [2.75, 3.05) is 50.7 Å². The van der Waals surface area contributed by atoms with Crippen LogP contribution in [0.2, 0.25) is 5.28 Å². The van der Waals surface area contributed by atoms with Crippen LogP contribution in [0.4, 0.5) is 5.95 Å². The third-order valence-electron chi connectivity index (χ3n) is 2.59. The fourth-order valence-electron chi connectivity index (χ4n) is 1.66. The molecule has 0 aliphatic carbocycles. The number of methoxy groups -OCH3 is 1. The molecule has 0 radical (unpaired) electrons. The maximum atomic E-state index is 5.95. The Bertz CT molecular complexity index is 404. The van der Waals surface area contributed by atoms with Gasteiger partial charge in [0, 0.05) is 32.6 Å². The summed E-state index contributed by atoms with van der Waals surface area (Å²) in [5.41, 5.74) is 0. The predicted molar refractivity (Wildman–Crippen MR) is 75.1 cm³/mol. The standard InChI is InChI=1S/C11H17ClN4O2S/c1-17-5-2-8-19-11-14-9(12)13-10(15-11)16-3-6-18-7-4-16/h2-8H2,1H3. The molecule has 0 spiro atoms. The van der Waals surface area contributed by atoms with Gasteiger partial charge in [0.05, 0.1) is 13.2 Å². The molecule has 0 aromatic carbocycles. The van der Waals surface area contributed by atoms with Crippen LogP contribution in [0.25, 0.3) is 0 Å². The van der Waals surface area contributed by atoms with E-state index in [9.17, 15) is 0 Å². The zero-order chi connectivity index (χ0) is 13.5. The number of morpholine rings is 1. The highest BCUT2D eigenvalue weighted by molar-refractivity contribution is 7.99. The molecule has 19 heavy (non-hydrogen) atoms. The molecule has 1 aliphatic rings. The molecule has 1 aromatic rings.